The number of β-lactam (4-membered cyclic amide) rings is 1. The highest BCUT2D eigenvalue weighted by molar-refractivity contribution is 8.07. The minimum Gasteiger partial charge on any atom is -0.448 e. The molecule has 2 amide bonds. The van der Waals surface area contributed by atoms with Crippen LogP contribution in [-0.4, -0.2) is 55.5 Å². The van der Waals surface area contributed by atoms with Gasteiger partial charge >= 0.3 is 5.97 Å². The van der Waals surface area contributed by atoms with Gasteiger partial charge in [-0.1, -0.05) is 272 Å². The quantitative estimate of drug-likeness (QED) is 0.0265. The van der Waals surface area contributed by atoms with E-state index in [9.17, 15) is 0 Å². The second kappa shape index (κ2) is 24.4. The van der Waals surface area contributed by atoms with E-state index in [1.165, 1.54) is 51.1 Å². The van der Waals surface area contributed by atoms with Crippen molar-refractivity contribution in [2.75, 3.05) is 11.1 Å². The Labute approximate surface area is 508 Å². The van der Waals surface area contributed by atoms with Gasteiger partial charge in [0.1, 0.15) is 28.3 Å². The Morgan fingerprint density at radius 3 is 1.54 bits per heavy atom. The van der Waals surface area contributed by atoms with Crippen molar-refractivity contribution in [3.63, 3.8) is 0 Å². The van der Waals surface area contributed by atoms with Crippen molar-refractivity contribution in [3.05, 3.63) is 333 Å². The largest absolute Gasteiger partial charge is 0.448 e. The van der Waals surface area contributed by atoms with Crippen molar-refractivity contribution in [1.29, 1.82) is 0 Å². The number of carbonyl (C=O) groups is 3. The maximum Gasteiger partial charge on any atom is 0.356 e. The van der Waals surface area contributed by atoms with E-state index in [1.54, 1.807) is 5.38 Å². The molecular weight excluding hydrogens is 1130 g/mol. The molecule has 0 saturated carbocycles. The van der Waals surface area contributed by atoms with E-state index in [1.807, 2.05) is 231 Å². The fraction of sp³-hybridized carbons (Fsp3) is 0.0857. The topological polar surface area (TPSA) is 135 Å². The third-order valence-electron chi connectivity index (χ3n) is 15.0. The van der Waals surface area contributed by atoms with Crippen molar-refractivity contribution in [2.45, 2.75) is 33.0 Å². The first-order chi connectivity index (χ1) is 41.9. The summed E-state index contributed by atoms with van der Waals surface area (Å²) in [6.45, 7) is 0. The van der Waals surface area contributed by atoms with Crippen LogP contribution in [0.3, 0.4) is 0 Å². The van der Waals surface area contributed by atoms with Crippen molar-refractivity contribution in [1.82, 2.24) is 20.2 Å². The minimum atomic E-state index is -1.38. The van der Waals surface area contributed by atoms with Crippen LogP contribution in [0.25, 0.3) is 10.2 Å². The molecule has 2 aromatic heterocycles. The second-order valence-electron chi connectivity index (χ2n) is 20.1. The lowest BCUT2D eigenvalue weighted by Crippen LogP contribution is -2.71. The van der Waals surface area contributed by atoms with E-state index in [2.05, 4.69) is 47.0 Å². The molecule has 13 rings (SSSR count). The molecule has 1 unspecified atom stereocenters. The summed E-state index contributed by atoms with van der Waals surface area (Å²) in [4.78, 5) is 65.1. The molecule has 0 aliphatic carbocycles. The van der Waals surface area contributed by atoms with Crippen LogP contribution in [0.1, 0.15) is 56.3 Å². The van der Waals surface area contributed by atoms with Gasteiger partial charge in [-0.05, 0) is 39.9 Å². The Kier molecular flexibility index (Phi) is 15.8. The number of thioether (sulfide) groups is 2. The average Bonchev–Trinajstić information content (AvgIpc) is 3.33. The van der Waals surface area contributed by atoms with Gasteiger partial charge in [-0.3, -0.25) is 14.5 Å². The molecule has 11 nitrogen and oxygen atoms in total. The van der Waals surface area contributed by atoms with Gasteiger partial charge < -0.3 is 20.2 Å². The normalized spacial score (nSPS) is 15.2. The number of ether oxygens (including phenoxy) is 1. The number of rotatable bonds is 19. The number of fused-ring (bicyclic) bond motifs is 2. The minimum absolute atomic E-state index is 0.102. The Hall–Kier alpha value is -9.38. The third-order valence-corrected chi connectivity index (χ3v) is 19.4. The molecule has 11 aromatic rings. The first kappa shape index (κ1) is 54.8. The van der Waals surface area contributed by atoms with E-state index in [4.69, 9.17) is 24.7 Å². The number of hydrogen-bond donors (Lipinski definition) is 2. The van der Waals surface area contributed by atoms with Crippen molar-refractivity contribution >= 4 is 85.0 Å². The molecule has 1 saturated heterocycles. The Bertz CT molecular complexity index is 3930. The summed E-state index contributed by atoms with van der Waals surface area (Å²) in [6, 6.07) is 85.7. The highest BCUT2D eigenvalue weighted by atomic mass is 32.2. The zero-order valence-corrected chi connectivity index (χ0v) is 48.6. The number of oxime groups is 1. The number of hydrogen-bond acceptors (Lipinski definition) is 13. The molecule has 4 heterocycles. The standard InChI is InChI=1S/C70H52N6O5S4/c77-63(73-60-64(78)76-61(58(46-82-65(60)76)85-68-72-55-43-25-26-44-57(55)84-68)66(79)80-62(47-27-9-1-10-28-47)48-29-11-2-12-30-48)59(75-81-70(52-37-19-6-20-38-52,53-39-21-7-22-40-53)54-41-23-8-24-42-54)56-45-83-67(71-56)74-69(49-31-13-3-14-32-49,50-33-15-4-16-34-50)51-35-17-5-18-36-51/h1-45,60,62,65H,46H2,(H,71,74)(H,73,77)/b75-59-/t60?,65-/m0/s1. The summed E-state index contributed by atoms with van der Waals surface area (Å²) in [5.41, 5.74) is 5.31. The first-order valence-electron chi connectivity index (χ1n) is 27.5. The molecule has 9 aromatic carbocycles. The number of para-hydroxylation sites is 1. The van der Waals surface area contributed by atoms with E-state index in [-0.39, 0.29) is 17.1 Å². The molecule has 0 bridgehead atoms. The molecule has 416 valence electrons. The summed E-state index contributed by atoms with van der Waals surface area (Å²) in [7, 11) is 0. The van der Waals surface area contributed by atoms with Gasteiger partial charge in [0.25, 0.3) is 11.8 Å². The molecular formula is C70H52N6O5S4. The smallest absolute Gasteiger partial charge is 0.356 e. The molecule has 0 spiro atoms. The fourth-order valence-corrected chi connectivity index (χ4v) is 15.4. The van der Waals surface area contributed by atoms with Gasteiger partial charge in [0.15, 0.2) is 21.3 Å². The van der Waals surface area contributed by atoms with Crippen LogP contribution in [-0.2, 0) is 35.1 Å². The number of anilines is 1. The molecule has 1 fully saturated rings. The number of esters is 1. The van der Waals surface area contributed by atoms with Gasteiger partial charge in [0.05, 0.1) is 10.2 Å². The van der Waals surface area contributed by atoms with Crippen molar-refractivity contribution in [3.8, 4) is 0 Å². The number of benzene rings is 9. The molecule has 0 radical (unpaired) electrons. The van der Waals surface area contributed by atoms with Crippen LogP contribution in [0.15, 0.2) is 292 Å². The maximum absolute atomic E-state index is 15.6. The van der Waals surface area contributed by atoms with E-state index in [0.29, 0.717) is 20.1 Å². The summed E-state index contributed by atoms with van der Waals surface area (Å²) in [5.74, 6) is -1.57. The van der Waals surface area contributed by atoms with E-state index in [0.717, 1.165) is 54.7 Å². The van der Waals surface area contributed by atoms with Crippen LogP contribution < -0.4 is 10.6 Å². The highest BCUT2D eigenvalue weighted by Gasteiger charge is 2.55. The van der Waals surface area contributed by atoms with Crippen molar-refractivity contribution in [2.24, 2.45) is 5.16 Å². The Morgan fingerprint density at radius 2 is 1.05 bits per heavy atom. The lowest BCUT2D eigenvalue weighted by Gasteiger charge is -2.49. The Balaban J connectivity index is 0.894. The predicted octanol–water partition coefficient (Wildman–Crippen LogP) is 14.6. The molecule has 85 heavy (non-hydrogen) atoms. The Morgan fingerprint density at radius 1 is 0.588 bits per heavy atom. The van der Waals surface area contributed by atoms with Gasteiger partial charge in [-0.25, -0.2) is 14.8 Å². The zero-order chi connectivity index (χ0) is 57.6. The SMILES string of the molecule is O=C(OC(c1ccccc1)c1ccccc1)C1=C(Sc2nc3ccccc3s2)CS[C@H]2C(NC(=O)/C(=N\OC(c3ccccc3)(c3ccccc3)c3ccccc3)c3csc(NC(c4ccccc4)(c4ccccc4)c4ccccc4)n3)C(=O)N12. The summed E-state index contributed by atoms with van der Waals surface area (Å²) < 4.78 is 8.24. The maximum atomic E-state index is 15.6. The molecule has 2 aliphatic rings. The predicted molar refractivity (Wildman–Crippen MR) is 340 cm³/mol. The number of carbonyl (C=O) groups excluding carboxylic acids is 3. The molecule has 2 N–H and O–H groups in total. The van der Waals surface area contributed by atoms with Crippen LogP contribution in [0.2, 0.25) is 0 Å². The van der Waals surface area contributed by atoms with Gasteiger partial charge in [-0.2, -0.15) is 0 Å². The fourth-order valence-electron chi connectivity index (χ4n) is 11.0. The van der Waals surface area contributed by atoms with Gasteiger partial charge in [0.2, 0.25) is 5.60 Å². The summed E-state index contributed by atoms with van der Waals surface area (Å²) >= 11 is 5.60. The van der Waals surface area contributed by atoms with Gasteiger partial charge in [0, 0.05) is 32.7 Å². The lowest BCUT2D eigenvalue weighted by atomic mass is 9.77. The lowest BCUT2D eigenvalue weighted by molar-refractivity contribution is -0.154. The number of amides is 2. The van der Waals surface area contributed by atoms with Gasteiger partial charge in [-0.15, -0.1) is 34.4 Å². The second-order valence-corrected chi connectivity index (χ2v) is 24.4. The number of thiazole rings is 2. The number of nitrogens with one attached hydrogen (secondary N) is 2. The van der Waals surface area contributed by atoms with Crippen molar-refractivity contribution < 1.29 is 24.0 Å². The van der Waals surface area contributed by atoms with Crippen LogP contribution in [0.4, 0.5) is 5.13 Å². The van der Waals surface area contributed by atoms with Crippen LogP contribution >= 0.6 is 46.2 Å². The molecule has 2 aliphatic heterocycles. The zero-order valence-electron chi connectivity index (χ0n) is 45.4. The van der Waals surface area contributed by atoms with E-state index >= 15 is 14.4 Å². The molecule has 15 heteroatoms. The first-order valence-corrected chi connectivity index (χ1v) is 31.1. The average molecular weight is 1190 g/mol. The highest BCUT2D eigenvalue weighted by Crippen LogP contribution is 2.48. The molecule has 2 atom stereocenters. The summed E-state index contributed by atoms with van der Waals surface area (Å²) in [5, 5.41) is 13.4. The van der Waals surface area contributed by atoms with E-state index < -0.39 is 46.4 Å². The number of aromatic nitrogens is 2. The third kappa shape index (κ3) is 10.8. The monoisotopic (exact) mass is 1180 g/mol. The number of nitrogens with zero attached hydrogens (tertiary/aromatic N) is 4. The van der Waals surface area contributed by atoms with Crippen LogP contribution in [0, 0.1) is 0 Å². The van der Waals surface area contributed by atoms with Crippen LogP contribution in [0.5, 0.6) is 0 Å². The summed E-state index contributed by atoms with van der Waals surface area (Å²) in [6.07, 6.45) is -0.791.